The van der Waals surface area contributed by atoms with Gasteiger partial charge < -0.3 is 15.8 Å². The maximum atomic E-state index is 5.99. The van der Waals surface area contributed by atoms with Gasteiger partial charge in [-0.1, -0.05) is 6.42 Å². The summed E-state index contributed by atoms with van der Waals surface area (Å²) < 4.78 is 5.36. The molecule has 6 nitrogen and oxygen atoms in total. The lowest BCUT2D eigenvalue weighted by atomic mass is 10.0. The van der Waals surface area contributed by atoms with Gasteiger partial charge in [-0.3, -0.25) is 14.8 Å². The van der Waals surface area contributed by atoms with Crippen LogP contribution in [-0.4, -0.2) is 80.3 Å². The lowest BCUT2D eigenvalue weighted by Gasteiger charge is -2.37. The minimum absolute atomic E-state index is 0. The van der Waals surface area contributed by atoms with Crippen molar-refractivity contribution < 1.29 is 4.74 Å². The molecule has 24 heavy (non-hydrogen) atoms. The lowest BCUT2D eigenvalue weighted by molar-refractivity contribution is 0.0376. The predicted octanol–water partition coefficient (Wildman–Crippen LogP) is 1.49. The molecule has 2 rings (SSSR count). The van der Waals surface area contributed by atoms with Crippen LogP contribution in [0.5, 0.6) is 0 Å². The number of nitrogens with two attached hydrogens (primary N) is 1. The van der Waals surface area contributed by atoms with Gasteiger partial charge in [0.25, 0.3) is 0 Å². The molecule has 0 spiro atoms. The monoisotopic (exact) mass is 453 g/mol. The molecule has 3 N–H and O–H groups in total. The summed E-state index contributed by atoms with van der Waals surface area (Å²) in [6.07, 6.45) is 5.08. The molecule has 7 heteroatoms. The number of nitrogens with zero attached hydrogens (tertiary/aromatic N) is 3. The molecule has 2 saturated heterocycles. The van der Waals surface area contributed by atoms with Gasteiger partial charge in [-0.15, -0.1) is 24.0 Å². The molecule has 2 unspecified atom stereocenters. The highest BCUT2D eigenvalue weighted by molar-refractivity contribution is 14.0. The second kappa shape index (κ2) is 12.3. The van der Waals surface area contributed by atoms with Crippen LogP contribution >= 0.6 is 24.0 Å². The number of likely N-dealkylation sites (tertiary alicyclic amines) is 1. The van der Waals surface area contributed by atoms with Crippen LogP contribution < -0.4 is 11.1 Å². The highest BCUT2D eigenvalue weighted by atomic mass is 127. The number of halogens is 1. The molecule has 2 aliphatic rings. The fourth-order valence-electron chi connectivity index (χ4n) is 3.51. The van der Waals surface area contributed by atoms with E-state index in [2.05, 4.69) is 34.0 Å². The van der Waals surface area contributed by atoms with Gasteiger partial charge in [0.1, 0.15) is 0 Å². The fraction of sp³-hybridized carbons (Fsp3) is 0.941. The smallest absolute Gasteiger partial charge is 0.188 e. The number of aliphatic imine (C=N–C) groups is 1. The number of nitrogens with one attached hydrogen (secondary N) is 1. The second-order valence-electron chi connectivity index (χ2n) is 6.89. The third-order valence-electron chi connectivity index (χ3n) is 5.01. The Kier molecular flexibility index (Phi) is 11.2. The molecule has 142 valence electrons. The summed E-state index contributed by atoms with van der Waals surface area (Å²) in [6.45, 7) is 12.4. The average molecular weight is 453 g/mol. The maximum absolute atomic E-state index is 5.99. The Morgan fingerprint density at radius 2 is 2.04 bits per heavy atom. The van der Waals surface area contributed by atoms with E-state index in [9.17, 15) is 0 Å². The van der Waals surface area contributed by atoms with Crippen molar-refractivity contribution >= 4 is 29.9 Å². The van der Waals surface area contributed by atoms with Crippen molar-refractivity contribution in [2.45, 2.75) is 51.6 Å². The van der Waals surface area contributed by atoms with Gasteiger partial charge in [-0.25, -0.2) is 0 Å². The Hall–Kier alpha value is -0.120. The van der Waals surface area contributed by atoms with Crippen molar-refractivity contribution in [3.05, 3.63) is 0 Å². The van der Waals surface area contributed by atoms with Crippen molar-refractivity contribution in [1.29, 1.82) is 0 Å². The molecule has 0 radical (unpaired) electrons. The van der Waals surface area contributed by atoms with Crippen LogP contribution in [0.2, 0.25) is 0 Å². The standard InChI is InChI=1S/C17H35N5O.HI/c1-15-6-3-4-9-22(15)16(2)14-20-17(18)19-7-5-8-21-10-12-23-13-11-21;/h15-16H,3-14H2,1-2H3,(H3,18,19,20);1H. The topological polar surface area (TPSA) is 66.1 Å². The van der Waals surface area contributed by atoms with Crippen molar-refractivity contribution in [2.75, 3.05) is 52.5 Å². The number of rotatable bonds is 7. The number of ether oxygens (including phenoxy) is 1. The molecule has 0 aromatic rings. The number of piperidine rings is 1. The summed E-state index contributed by atoms with van der Waals surface area (Å²) in [5.74, 6) is 0.587. The van der Waals surface area contributed by atoms with Crippen molar-refractivity contribution in [3.63, 3.8) is 0 Å². The normalized spacial score (nSPS) is 25.1. The summed E-state index contributed by atoms with van der Waals surface area (Å²) in [6, 6.07) is 1.15. The zero-order chi connectivity index (χ0) is 16.5. The lowest BCUT2D eigenvalue weighted by Crippen LogP contribution is -2.45. The van der Waals surface area contributed by atoms with E-state index in [4.69, 9.17) is 10.5 Å². The molecule has 2 heterocycles. The van der Waals surface area contributed by atoms with E-state index in [1.165, 1.54) is 25.8 Å². The van der Waals surface area contributed by atoms with E-state index in [0.29, 0.717) is 18.0 Å². The highest BCUT2D eigenvalue weighted by Crippen LogP contribution is 2.18. The summed E-state index contributed by atoms with van der Waals surface area (Å²) in [5.41, 5.74) is 5.99. The van der Waals surface area contributed by atoms with Crippen LogP contribution in [-0.2, 0) is 4.74 Å². The Morgan fingerprint density at radius 3 is 2.75 bits per heavy atom. The van der Waals surface area contributed by atoms with Crippen LogP contribution in [0.1, 0.15) is 39.5 Å². The molecular formula is C17H36IN5O. The molecule has 0 saturated carbocycles. The van der Waals surface area contributed by atoms with E-state index >= 15 is 0 Å². The largest absolute Gasteiger partial charge is 0.379 e. The second-order valence-corrected chi connectivity index (χ2v) is 6.89. The maximum Gasteiger partial charge on any atom is 0.188 e. The zero-order valence-electron chi connectivity index (χ0n) is 15.4. The summed E-state index contributed by atoms with van der Waals surface area (Å²) in [5, 5.41) is 3.24. The SMILES string of the molecule is CC1CCCCN1C(C)CN=C(N)NCCCN1CCOCC1.I. The molecule has 2 atom stereocenters. The van der Waals surface area contributed by atoms with E-state index in [1.54, 1.807) is 0 Å². The third kappa shape index (κ3) is 7.84. The highest BCUT2D eigenvalue weighted by Gasteiger charge is 2.22. The minimum atomic E-state index is 0. The molecule has 2 fully saturated rings. The van der Waals surface area contributed by atoms with Gasteiger partial charge in [0.2, 0.25) is 0 Å². The van der Waals surface area contributed by atoms with Gasteiger partial charge in [-0.2, -0.15) is 0 Å². The first-order valence-electron chi connectivity index (χ1n) is 9.26. The first-order valence-corrected chi connectivity index (χ1v) is 9.26. The molecule has 0 aromatic heterocycles. The summed E-state index contributed by atoms with van der Waals surface area (Å²) >= 11 is 0. The van der Waals surface area contributed by atoms with Crippen LogP contribution in [0.3, 0.4) is 0 Å². The Labute approximate surface area is 164 Å². The van der Waals surface area contributed by atoms with Crippen LogP contribution in [0.15, 0.2) is 4.99 Å². The van der Waals surface area contributed by atoms with Gasteiger partial charge in [0, 0.05) is 31.7 Å². The third-order valence-corrected chi connectivity index (χ3v) is 5.01. The Bertz CT molecular complexity index is 363. The van der Waals surface area contributed by atoms with Gasteiger partial charge >= 0.3 is 0 Å². The summed E-state index contributed by atoms with van der Waals surface area (Å²) in [4.78, 5) is 9.54. The molecule has 0 aliphatic carbocycles. The Morgan fingerprint density at radius 1 is 1.29 bits per heavy atom. The van der Waals surface area contributed by atoms with Crippen molar-refractivity contribution in [3.8, 4) is 0 Å². The first kappa shape index (κ1) is 21.9. The first-order chi connectivity index (χ1) is 11.2. The quantitative estimate of drug-likeness (QED) is 0.265. The van der Waals surface area contributed by atoms with Crippen LogP contribution in [0.25, 0.3) is 0 Å². The Balaban J connectivity index is 0.00000288. The van der Waals surface area contributed by atoms with Gasteiger partial charge in [0.05, 0.1) is 19.8 Å². The molecule has 2 aliphatic heterocycles. The molecule has 0 aromatic carbocycles. The predicted molar refractivity (Wildman–Crippen MR) is 111 cm³/mol. The fourth-order valence-corrected chi connectivity index (χ4v) is 3.51. The molecular weight excluding hydrogens is 417 g/mol. The van der Waals surface area contributed by atoms with Gasteiger partial charge in [-0.05, 0) is 46.2 Å². The van der Waals surface area contributed by atoms with Crippen LogP contribution in [0, 0.1) is 0 Å². The number of morpholine rings is 1. The van der Waals surface area contributed by atoms with Crippen molar-refractivity contribution in [1.82, 2.24) is 15.1 Å². The van der Waals surface area contributed by atoms with E-state index < -0.39 is 0 Å². The van der Waals surface area contributed by atoms with Crippen LogP contribution in [0.4, 0.5) is 0 Å². The summed E-state index contributed by atoms with van der Waals surface area (Å²) in [7, 11) is 0. The number of hydrogen-bond acceptors (Lipinski definition) is 4. The number of guanidine groups is 1. The van der Waals surface area contributed by atoms with E-state index in [-0.39, 0.29) is 24.0 Å². The van der Waals surface area contributed by atoms with Gasteiger partial charge in [0.15, 0.2) is 5.96 Å². The van der Waals surface area contributed by atoms with Crippen molar-refractivity contribution in [2.24, 2.45) is 10.7 Å². The average Bonchev–Trinajstić information content (AvgIpc) is 2.58. The number of hydrogen-bond donors (Lipinski definition) is 2. The minimum Gasteiger partial charge on any atom is -0.379 e. The van der Waals surface area contributed by atoms with E-state index in [1.807, 2.05) is 0 Å². The zero-order valence-corrected chi connectivity index (χ0v) is 17.7. The van der Waals surface area contributed by atoms with E-state index in [0.717, 1.165) is 52.4 Å². The molecule has 0 bridgehead atoms. The molecule has 0 amide bonds.